The van der Waals surface area contributed by atoms with Crippen molar-refractivity contribution < 1.29 is 28.9 Å². The van der Waals surface area contributed by atoms with Crippen molar-refractivity contribution in [2.24, 2.45) is 11.3 Å². The fourth-order valence-electron chi connectivity index (χ4n) is 7.89. The highest BCUT2D eigenvalue weighted by atomic mass is 16.5. The van der Waals surface area contributed by atoms with Crippen LogP contribution in [0.2, 0.25) is 0 Å². The van der Waals surface area contributed by atoms with Gasteiger partial charge in [-0.25, -0.2) is 4.79 Å². The topological polar surface area (TPSA) is 88.5 Å². The minimum absolute atomic E-state index is 0.0869. The molecule has 0 unspecified atom stereocenters. The third-order valence-corrected chi connectivity index (χ3v) is 8.86. The van der Waals surface area contributed by atoms with Gasteiger partial charge in [0, 0.05) is 42.2 Å². The Morgan fingerprint density at radius 1 is 1.18 bits per heavy atom. The highest BCUT2D eigenvalue weighted by Crippen LogP contribution is 2.68. The first-order valence-electron chi connectivity index (χ1n) is 11.5. The summed E-state index contributed by atoms with van der Waals surface area (Å²) in [4.78, 5) is 31.3. The van der Waals surface area contributed by atoms with Crippen LogP contribution in [0.25, 0.3) is 0 Å². The molecule has 0 aromatic heterocycles. The average molecular weight is 457 g/mol. The van der Waals surface area contributed by atoms with Gasteiger partial charge < -0.3 is 24.2 Å². The number of benzene rings is 1. The second-order valence-electron chi connectivity index (χ2n) is 9.73. The molecule has 1 aromatic rings. The van der Waals surface area contributed by atoms with Crippen molar-refractivity contribution in [2.75, 3.05) is 46.4 Å². The average Bonchev–Trinajstić information content (AvgIpc) is 3.35. The molecule has 1 saturated carbocycles. The van der Waals surface area contributed by atoms with E-state index in [9.17, 15) is 14.7 Å². The molecule has 0 amide bonds. The molecular formula is C25H32N2O6. The number of aliphatic hydroxyl groups is 1. The molecule has 1 aliphatic carbocycles. The standard InChI is InChI=1S/C25H32N2O6/c1-6-23-10-7-12-27-13-11-24(20(23)27)16-9-8-15(31-3)14-17(16)26(2)21(24)25(30,22(29)33-5)18(23)19(28)32-4/h7-10,14,18,20-21,30H,6,11-13H2,1-5H3/t18-,20+,21-,23+,24-,25-/m1/s1. The Kier molecular flexibility index (Phi) is 4.85. The van der Waals surface area contributed by atoms with E-state index in [2.05, 4.69) is 23.1 Å². The van der Waals surface area contributed by atoms with Gasteiger partial charge in [0.1, 0.15) is 11.7 Å². The first-order chi connectivity index (χ1) is 15.8. The number of rotatable bonds is 4. The smallest absolute Gasteiger partial charge is 0.341 e. The van der Waals surface area contributed by atoms with Crippen molar-refractivity contribution in [3.63, 3.8) is 0 Å². The van der Waals surface area contributed by atoms with E-state index >= 15 is 0 Å². The summed E-state index contributed by atoms with van der Waals surface area (Å²) in [6.07, 6.45) is 5.42. The molecule has 0 bridgehead atoms. The Morgan fingerprint density at radius 2 is 1.94 bits per heavy atom. The molecule has 178 valence electrons. The van der Waals surface area contributed by atoms with Crippen molar-refractivity contribution in [1.82, 2.24) is 4.90 Å². The molecule has 6 atom stereocenters. The number of fused-ring (bicyclic) bond motifs is 1. The molecule has 8 nitrogen and oxygen atoms in total. The summed E-state index contributed by atoms with van der Waals surface area (Å²) >= 11 is 0. The zero-order valence-corrected chi connectivity index (χ0v) is 19.8. The fraction of sp³-hybridized carbons (Fsp3) is 0.600. The van der Waals surface area contributed by atoms with Gasteiger partial charge in [-0.15, -0.1) is 0 Å². The number of hydrogen-bond acceptors (Lipinski definition) is 8. The Balaban J connectivity index is 1.88. The Bertz CT molecular complexity index is 1040. The van der Waals surface area contributed by atoms with Gasteiger partial charge in [-0.2, -0.15) is 0 Å². The molecule has 33 heavy (non-hydrogen) atoms. The molecule has 8 heteroatoms. The Morgan fingerprint density at radius 3 is 2.58 bits per heavy atom. The third-order valence-electron chi connectivity index (χ3n) is 8.86. The van der Waals surface area contributed by atoms with Crippen molar-refractivity contribution in [1.29, 1.82) is 0 Å². The summed E-state index contributed by atoms with van der Waals surface area (Å²) in [7, 11) is 6.06. The number of carbonyl (C=O) groups excluding carboxylic acids is 2. The van der Waals surface area contributed by atoms with Crippen molar-refractivity contribution in [2.45, 2.75) is 42.9 Å². The van der Waals surface area contributed by atoms with Crippen LogP contribution >= 0.6 is 0 Å². The van der Waals surface area contributed by atoms with Crippen LogP contribution in [0.4, 0.5) is 5.69 Å². The minimum Gasteiger partial charge on any atom is -0.497 e. The van der Waals surface area contributed by atoms with Crippen LogP contribution in [0.15, 0.2) is 30.4 Å². The molecule has 1 N–H and O–H groups in total. The number of anilines is 1. The highest BCUT2D eigenvalue weighted by Gasteiger charge is 2.80. The van der Waals surface area contributed by atoms with Gasteiger partial charge in [0.15, 0.2) is 5.60 Å². The third kappa shape index (κ3) is 2.38. The number of ether oxygens (including phenoxy) is 3. The molecule has 3 heterocycles. The second kappa shape index (κ2) is 7.21. The molecule has 0 radical (unpaired) electrons. The summed E-state index contributed by atoms with van der Waals surface area (Å²) in [5, 5.41) is 12.5. The van der Waals surface area contributed by atoms with Crippen molar-refractivity contribution >= 4 is 17.6 Å². The van der Waals surface area contributed by atoms with Gasteiger partial charge in [0.05, 0.1) is 27.4 Å². The van der Waals surface area contributed by atoms with Crippen LogP contribution in [0.5, 0.6) is 5.75 Å². The predicted octanol–water partition coefficient (Wildman–Crippen LogP) is 1.50. The van der Waals surface area contributed by atoms with Crippen molar-refractivity contribution in [3.05, 3.63) is 35.9 Å². The first kappa shape index (κ1) is 22.2. The molecule has 1 aromatic carbocycles. The number of likely N-dealkylation sites (N-methyl/N-ethyl adjacent to an activating group) is 1. The molecule has 1 spiro atoms. The van der Waals surface area contributed by atoms with Crippen molar-refractivity contribution in [3.8, 4) is 5.75 Å². The maximum absolute atomic E-state index is 13.5. The van der Waals surface area contributed by atoms with E-state index in [0.717, 1.165) is 30.8 Å². The Hall–Kier alpha value is -2.58. The van der Waals surface area contributed by atoms with Crippen LogP contribution in [0, 0.1) is 11.3 Å². The highest BCUT2D eigenvalue weighted by molar-refractivity contribution is 5.92. The van der Waals surface area contributed by atoms with Gasteiger partial charge in [0.2, 0.25) is 0 Å². The second-order valence-corrected chi connectivity index (χ2v) is 9.73. The number of methoxy groups -OCH3 is 3. The molecule has 3 aliphatic heterocycles. The normalized spacial score (nSPS) is 38.4. The number of carbonyl (C=O) groups is 2. The molecule has 1 saturated heterocycles. The first-order valence-corrected chi connectivity index (χ1v) is 11.5. The van der Waals surface area contributed by atoms with Crippen LogP contribution in [-0.2, 0) is 24.5 Å². The number of esters is 2. The Labute approximate surface area is 194 Å². The monoisotopic (exact) mass is 456 g/mol. The van der Waals surface area contributed by atoms with Gasteiger partial charge in [0.25, 0.3) is 0 Å². The molecule has 5 rings (SSSR count). The lowest BCUT2D eigenvalue weighted by Gasteiger charge is -2.63. The van der Waals surface area contributed by atoms with Gasteiger partial charge in [-0.05, 0) is 31.0 Å². The predicted molar refractivity (Wildman–Crippen MR) is 121 cm³/mol. The van der Waals surface area contributed by atoms with Crippen LogP contribution in [0.3, 0.4) is 0 Å². The molecule has 2 fully saturated rings. The van der Waals surface area contributed by atoms with Crippen LogP contribution < -0.4 is 9.64 Å². The van der Waals surface area contributed by atoms with Crippen LogP contribution in [-0.4, -0.2) is 81.1 Å². The number of hydrogen-bond donors (Lipinski definition) is 1. The summed E-state index contributed by atoms with van der Waals surface area (Å²) in [5.74, 6) is -1.83. The maximum atomic E-state index is 13.5. The SMILES string of the molecule is CC[C@]12C=CCN3CC[C@@]4(c5ccc(OC)cc5N(C)[C@H]4[C@@](O)(C(=O)OC)[C@@H]1C(=O)OC)[C@@H]32. The lowest BCUT2D eigenvalue weighted by Crippen LogP contribution is -2.80. The van der Waals surface area contributed by atoms with Crippen LogP contribution in [0.1, 0.15) is 25.3 Å². The summed E-state index contributed by atoms with van der Waals surface area (Å²) in [5.41, 5.74) is -1.53. The largest absolute Gasteiger partial charge is 0.497 e. The zero-order chi connectivity index (χ0) is 23.8. The van der Waals surface area contributed by atoms with E-state index in [1.54, 1.807) is 7.11 Å². The number of nitrogens with zero attached hydrogens (tertiary/aromatic N) is 2. The van der Waals surface area contributed by atoms with E-state index in [-0.39, 0.29) is 6.04 Å². The van der Waals surface area contributed by atoms with Gasteiger partial charge in [-0.3, -0.25) is 9.69 Å². The van der Waals surface area contributed by atoms with E-state index < -0.39 is 40.3 Å². The summed E-state index contributed by atoms with van der Waals surface area (Å²) in [6, 6.07) is 5.15. The van der Waals surface area contributed by atoms with Gasteiger partial charge >= 0.3 is 11.9 Å². The summed E-state index contributed by atoms with van der Waals surface area (Å²) < 4.78 is 15.9. The van der Waals surface area contributed by atoms with E-state index in [1.165, 1.54) is 14.2 Å². The zero-order valence-electron chi connectivity index (χ0n) is 19.8. The lowest BCUT2D eigenvalue weighted by atomic mass is 9.45. The minimum atomic E-state index is -2.12. The molecule has 4 aliphatic rings. The molecular weight excluding hydrogens is 424 g/mol. The maximum Gasteiger partial charge on any atom is 0.341 e. The lowest BCUT2D eigenvalue weighted by molar-refractivity contribution is -0.209. The van der Waals surface area contributed by atoms with E-state index in [1.807, 2.05) is 31.0 Å². The fourth-order valence-corrected chi connectivity index (χ4v) is 7.89. The van der Waals surface area contributed by atoms with E-state index in [4.69, 9.17) is 14.2 Å². The van der Waals surface area contributed by atoms with E-state index in [0.29, 0.717) is 12.2 Å². The van der Waals surface area contributed by atoms with Gasteiger partial charge in [-0.1, -0.05) is 25.1 Å². The quantitative estimate of drug-likeness (QED) is 0.539. The summed E-state index contributed by atoms with van der Waals surface area (Å²) in [6.45, 7) is 3.58.